The van der Waals surface area contributed by atoms with E-state index in [9.17, 15) is 24.5 Å². The minimum absolute atomic E-state index is 0.0328. The van der Waals surface area contributed by atoms with Crippen molar-refractivity contribution in [2.45, 2.75) is 26.6 Å². The fourth-order valence-corrected chi connectivity index (χ4v) is 4.71. The molecule has 1 aliphatic heterocycles. The summed E-state index contributed by atoms with van der Waals surface area (Å²) in [6, 6.07) is 9.52. The van der Waals surface area contributed by atoms with Gasteiger partial charge in [-0.25, -0.2) is 0 Å². The number of ether oxygens (including phenoxy) is 3. The molecule has 0 aromatic heterocycles. The second-order valence-corrected chi connectivity index (χ2v) is 9.71. The van der Waals surface area contributed by atoms with Gasteiger partial charge in [-0.15, -0.1) is 0 Å². The second kappa shape index (κ2) is 11.5. The maximum atomic E-state index is 12.7. The third-order valence-corrected chi connectivity index (χ3v) is 6.29. The van der Waals surface area contributed by atoms with Gasteiger partial charge >= 0.3 is 5.97 Å². The predicted octanol–water partition coefficient (Wildman–Crippen LogP) is 4.77. The number of imide groups is 1. The molecule has 2 amide bonds. The number of esters is 1. The maximum Gasteiger partial charge on any atom is 0.326 e. The molecule has 184 valence electrons. The van der Waals surface area contributed by atoms with Crippen molar-refractivity contribution in [3.8, 4) is 11.5 Å². The number of rotatable bonds is 9. The molecule has 0 bridgehead atoms. The number of non-ortho nitro benzene ring substituents is 1. The fourth-order valence-electron chi connectivity index (χ4n) is 3.10. The number of carbonyl (C=O) groups is 3. The van der Waals surface area contributed by atoms with E-state index in [4.69, 9.17) is 14.2 Å². The lowest BCUT2D eigenvalue weighted by Crippen LogP contribution is -2.35. The molecule has 35 heavy (non-hydrogen) atoms. The summed E-state index contributed by atoms with van der Waals surface area (Å²) in [6.07, 6.45) is 1.18. The van der Waals surface area contributed by atoms with Gasteiger partial charge in [-0.2, -0.15) is 0 Å². The summed E-state index contributed by atoms with van der Waals surface area (Å²) in [7, 11) is 1.46. The standard InChI is InChI=1S/C23H21IN2O8S/c1-13(2)34-20(27)11-25-22(28)19(35-23(25)29)10-15-8-17(24)21(18(9-15)32-3)33-12-14-5-4-6-16(7-14)26(30)31/h4-10,13H,11-12H2,1-3H3/b19-10+. The first kappa shape index (κ1) is 26.5. The number of nitro groups is 1. The van der Waals surface area contributed by atoms with Crippen LogP contribution in [0, 0.1) is 13.7 Å². The van der Waals surface area contributed by atoms with E-state index in [2.05, 4.69) is 0 Å². The van der Waals surface area contributed by atoms with E-state index in [1.165, 1.54) is 25.3 Å². The Morgan fingerprint density at radius 3 is 2.66 bits per heavy atom. The molecule has 0 radical (unpaired) electrons. The van der Waals surface area contributed by atoms with Crippen molar-refractivity contribution in [3.05, 3.63) is 66.1 Å². The first-order valence-electron chi connectivity index (χ1n) is 10.3. The predicted molar refractivity (Wildman–Crippen MR) is 137 cm³/mol. The van der Waals surface area contributed by atoms with Crippen molar-refractivity contribution >= 4 is 63.2 Å². The molecule has 3 rings (SSSR count). The third-order valence-electron chi connectivity index (χ3n) is 4.58. The van der Waals surface area contributed by atoms with Gasteiger partial charge in [0.15, 0.2) is 11.5 Å². The maximum absolute atomic E-state index is 12.7. The van der Waals surface area contributed by atoms with E-state index in [1.807, 2.05) is 22.6 Å². The van der Waals surface area contributed by atoms with Crippen LogP contribution < -0.4 is 9.47 Å². The number of hydrogen-bond donors (Lipinski definition) is 0. The number of methoxy groups -OCH3 is 1. The zero-order valence-electron chi connectivity index (χ0n) is 19.0. The number of nitrogens with zero attached hydrogens (tertiary/aromatic N) is 2. The lowest BCUT2D eigenvalue weighted by molar-refractivity contribution is -0.384. The molecule has 0 aliphatic carbocycles. The Labute approximate surface area is 218 Å². The zero-order chi connectivity index (χ0) is 25.7. The summed E-state index contributed by atoms with van der Waals surface area (Å²) < 4.78 is 17.0. The summed E-state index contributed by atoms with van der Waals surface area (Å²) in [6.45, 7) is 2.99. The largest absolute Gasteiger partial charge is 0.493 e. The Hall–Kier alpha value is -3.13. The Morgan fingerprint density at radius 1 is 1.26 bits per heavy atom. The minimum Gasteiger partial charge on any atom is -0.493 e. The van der Waals surface area contributed by atoms with E-state index >= 15 is 0 Å². The summed E-state index contributed by atoms with van der Waals surface area (Å²) in [5.74, 6) is -0.430. The molecule has 0 atom stereocenters. The van der Waals surface area contributed by atoms with Crippen LogP contribution in [0.25, 0.3) is 6.08 Å². The van der Waals surface area contributed by atoms with Crippen LogP contribution in [-0.2, 0) is 20.9 Å². The number of hydrogen-bond acceptors (Lipinski definition) is 9. The SMILES string of the molecule is COc1cc(/C=C2/SC(=O)N(CC(=O)OC(C)C)C2=O)cc(I)c1OCc1cccc([N+](=O)[O-])c1. The van der Waals surface area contributed by atoms with Crippen LogP contribution in [0.15, 0.2) is 41.3 Å². The van der Waals surface area contributed by atoms with Gasteiger partial charge in [0.25, 0.3) is 16.8 Å². The van der Waals surface area contributed by atoms with E-state index < -0.39 is 28.6 Å². The van der Waals surface area contributed by atoms with Gasteiger partial charge in [0.05, 0.1) is 26.6 Å². The van der Waals surface area contributed by atoms with Crippen LogP contribution in [0.4, 0.5) is 10.5 Å². The highest BCUT2D eigenvalue weighted by molar-refractivity contribution is 14.1. The van der Waals surface area contributed by atoms with Gasteiger partial charge in [0.1, 0.15) is 13.2 Å². The van der Waals surface area contributed by atoms with Crippen molar-refractivity contribution < 1.29 is 33.5 Å². The molecule has 0 N–H and O–H groups in total. The molecule has 2 aromatic rings. The lowest BCUT2D eigenvalue weighted by Gasteiger charge is -2.14. The lowest BCUT2D eigenvalue weighted by atomic mass is 10.1. The third kappa shape index (κ3) is 6.72. The molecule has 12 heteroatoms. The van der Waals surface area contributed by atoms with Crippen molar-refractivity contribution in [3.63, 3.8) is 0 Å². The molecule has 0 spiro atoms. The molecular formula is C23H21IN2O8S. The van der Waals surface area contributed by atoms with Crippen LogP contribution in [0.5, 0.6) is 11.5 Å². The molecule has 2 aromatic carbocycles. The Kier molecular flexibility index (Phi) is 8.72. The Balaban J connectivity index is 1.78. The average molecular weight is 612 g/mol. The van der Waals surface area contributed by atoms with E-state index in [0.717, 1.165) is 16.7 Å². The van der Waals surface area contributed by atoms with Crippen molar-refractivity contribution in [1.29, 1.82) is 0 Å². The van der Waals surface area contributed by atoms with Gasteiger partial charge < -0.3 is 14.2 Å². The first-order valence-corrected chi connectivity index (χ1v) is 12.2. The number of halogens is 1. The zero-order valence-corrected chi connectivity index (χ0v) is 22.0. The summed E-state index contributed by atoms with van der Waals surface area (Å²) in [5, 5.41) is 10.4. The van der Waals surface area contributed by atoms with Crippen molar-refractivity contribution in [2.24, 2.45) is 0 Å². The number of thioether (sulfide) groups is 1. The van der Waals surface area contributed by atoms with Gasteiger partial charge in [-0.05, 0) is 77.5 Å². The smallest absolute Gasteiger partial charge is 0.326 e. The topological polar surface area (TPSA) is 125 Å². The molecule has 1 fully saturated rings. The van der Waals surface area contributed by atoms with E-state index in [0.29, 0.717) is 26.2 Å². The fraction of sp³-hybridized carbons (Fsp3) is 0.261. The number of amides is 2. The Bertz CT molecular complexity index is 1210. The van der Waals surface area contributed by atoms with Crippen LogP contribution in [0.2, 0.25) is 0 Å². The van der Waals surface area contributed by atoms with E-state index in [-0.39, 0.29) is 23.3 Å². The highest BCUT2D eigenvalue weighted by atomic mass is 127. The Morgan fingerprint density at radius 2 is 2.00 bits per heavy atom. The summed E-state index contributed by atoms with van der Waals surface area (Å²) >= 11 is 2.78. The first-order chi connectivity index (χ1) is 16.6. The molecule has 1 heterocycles. The summed E-state index contributed by atoms with van der Waals surface area (Å²) in [4.78, 5) is 48.4. The van der Waals surface area contributed by atoms with Crippen molar-refractivity contribution in [1.82, 2.24) is 4.90 Å². The second-order valence-electron chi connectivity index (χ2n) is 7.56. The molecule has 10 nitrogen and oxygen atoms in total. The van der Waals surface area contributed by atoms with Gasteiger partial charge in [0.2, 0.25) is 0 Å². The van der Waals surface area contributed by atoms with Crippen molar-refractivity contribution in [2.75, 3.05) is 13.7 Å². The molecular weight excluding hydrogens is 591 g/mol. The molecule has 0 unspecified atom stereocenters. The number of nitro benzene ring substituents is 1. The van der Waals surface area contributed by atoms with Crippen LogP contribution >= 0.6 is 34.4 Å². The minimum atomic E-state index is -0.662. The van der Waals surface area contributed by atoms with Gasteiger partial charge in [-0.1, -0.05) is 12.1 Å². The quantitative estimate of drug-likeness (QED) is 0.129. The molecule has 0 saturated carbocycles. The summed E-state index contributed by atoms with van der Waals surface area (Å²) in [5.41, 5.74) is 1.17. The highest BCUT2D eigenvalue weighted by Crippen LogP contribution is 2.37. The van der Waals surface area contributed by atoms with E-state index in [1.54, 1.807) is 38.1 Å². The van der Waals surface area contributed by atoms with Crippen LogP contribution in [-0.4, -0.2) is 46.7 Å². The number of carbonyl (C=O) groups excluding carboxylic acids is 3. The monoisotopic (exact) mass is 612 g/mol. The van der Waals surface area contributed by atoms with Gasteiger partial charge in [0, 0.05) is 12.1 Å². The van der Waals surface area contributed by atoms with Crippen LogP contribution in [0.1, 0.15) is 25.0 Å². The molecule has 1 saturated heterocycles. The van der Waals surface area contributed by atoms with Gasteiger partial charge in [-0.3, -0.25) is 29.4 Å². The number of benzene rings is 2. The normalized spacial score (nSPS) is 14.5. The molecule has 1 aliphatic rings. The highest BCUT2D eigenvalue weighted by Gasteiger charge is 2.36. The average Bonchev–Trinajstić information content (AvgIpc) is 3.04. The van der Waals surface area contributed by atoms with Crippen LogP contribution in [0.3, 0.4) is 0 Å².